The van der Waals surface area contributed by atoms with Crippen molar-refractivity contribution in [3.8, 4) is 0 Å². The zero-order valence-electron chi connectivity index (χ0n) is 9.34. The molecule has 1 saturated heterocycles. The number of thiol groups is 1. The quantitative estimate of drug-likeness (QED) is 0.387. The Labute approximate surface area is 105 Å². The smallest absolute Gasteiger partial charge is 0.0786 e. The molecule has 0 radical (unpaired) electrons. The predicted octanol–water partition coefficient (Wildman–Crippen LogP) is -0.279. The first-order valence-electron chi connectivity index (χ1n) is 5.71. The first-order chi connectivity index (χ1) is 6.27. The molecular weight excluding hydrogens is 258 g/mol. The summed E-state index contributed by atoms with van der Waals surface area (Å²) in [5, 5.41) is 0. The molecule has 0 N–H and O–H groups in total. The van der Waals surface area contributed by atoms with E-state index < -0.39 is 0 Å². The lowest BCUT2D eigenvalue weighted by atomic mass is 10.2. The van der Waals surface area contributed by atoms with Gasteiger partial charge in [0.05, 0.1) is 26.7 Å². The first-order valence-corrected chi connectivity index (χ1v) is 6.34. The van der Waals surface area contributed by atoms with Gasteiger partial charge in [-0.25, -0.2) is 0 Å². The van der Waals surface area contributed by atoms with E-state index in [1.54, 1.807) is 0 Å². The molecule has 1 heterocycles. The van der Waals surface area contributed by atoms with E-state index in [-0.39, 0.29) is 17.0 Å². The fraction of sp³-hybridized carbons (Fsp3) is 1.00. The van der Waals surface area contributed by atoms with Crippen molar-refractivity contribution in [3.05, 3.63) is 0 Å². The monoisotopic (exact) mass is 281 g/mol. The normalized spacial score (nSPS) is 19.3. The summed E-state index contributed by atoms with van der Waals surface area (Å²) < 4.78 is 1.35. The SMILES string of the molecule is C[N+]1(CCCCCCS)CCCC1.[Br-]. The third-order valence-electron chi connectivity index (χ3n) is 3.25. The van der Waals surface area contributed by atoms with Gasteiger partial charge < -0.3 is 21.5 Å². The van der Waals surface area contributed by atoms with E-state index in [2.05, 4.69) is 19.7 Å². The van der Waals surface area contributed by atoms with Gasteiger partial charge in [0.25, 0.3) is 0 Å². The molecule has 0 saturated carbocycles. The highest BCUT2D eigenvalue weighted by molar-refractivity contribution is 7.80. The van der Waals surface area contributed by atoms with E-state index >= 15 is 0 Å². The van der Waals surface area contributed by atoms with Gasteiger partial charge in [-0.2, -0.15) is 12.6 Å². The van der Waals surface area contributed by atoms with Crippen LogP contribution in [0.15, 0.2) is 0 Å². The van der Waals surface area contributed by atoms with Crippen LogP contribution in [0.25, 0.3) is 0 Å². The van der Waals surface area contributed by atoms with Crippen LogP contribution in [0.2, 0.25) is 0 Å². The van der Waals surface area contributed by atoms with Crippen LogP contribution in [0.4, 0.5) is 0 Å². The van der Waals surface area contributed by atoms with Crippen LogP contribution in [0.5, 0.6) is 0 Å². The molecule has 1 nitrogen and oxygen atoms in total. The van der Waals surface area contributed by atoms with E-state index in [9.17, 15) is 0 Å². The number of hydrogen-bond donors (Lipinski definition) is 1. The molecule has 0 atom stereocenters. The van der Waals surface area contributed by atoms with Crippen LogP contribution in [0.3, 0.4) is 0 Å². The van der Waals surface area contributed by atoms with Gasteiger partial charge in [0.1, 0.15) is 0 Å². The third-order valence-corrected chi connectivity index (χ3v) is 3.57. The maximum absolute atomic E-state index is 4.22. The predicted molar refractivity (Wildman–Crippen MR) is 62.3 cm³/mol. The third kappa shape index (κ3) is 5.62. The minimum Gasteiger partial charge on any atom is -1.00 e. The van der Waals surface area contributed by atoms with E-state index in [1.807, 2.05) is 0 Å². The van der Waals surface area contributed by atoms with E-state index in [4.69, 9.17) is 0 Å². The standard InChI is InChI=1S/C11H23NS.BrH/c1-12(9-5-6-10-12)8-4-2-3-7-11-13;/h2-11H2,1H3;1H. The van der Waals surface area contributed by atoms with Crippen molar-refractivity contribution in [2.24, 2.45) is 0 Å². The van der Waals surface area contributed by atoms with Gasteiger partial charge in [0.15, 0.2) is 0 Å². The van der Waals surface area contributed by atoms with Gasteiger partial charge >= 0.3 is 0 Å². The molecule has 0 bridgehead atoms. The van der Waals surface area contributed by atoms with Crippen LogP contribution in [0.1, 0.15) is 38.5 Å². The maximum Gasteiger partial charge on any atom is 0.0786 e. The van der Waals surface area contributed by atoms with Gasteiger partial charge in [-0.1, -0.05) is 6.42 Å². The largest absolute Gasteiger partial charge is 1.00 e. The number of likely N-dealkylation sites (tertiary alicyclic amines) is 1. The Balaban J connectivity index is 0.00000169. The Hall–Kier alpha value is 0.790. The average molecular weight is 282 g/mol. The highest BCUT2D eigenvalue weighted by Gasteiger charge is 2.25. The van der Waals surface area contributed by atoms with Gasteiger partial charge in [0.2, 0.25) is 0 Å². The summed E-state index contributed by atoms with van der Waals surface area (Å²) >= 11 is 4.22. The lowest BCUT2D eigenvalue weighted by Crippen LogP contribution is -3.00. The minimum absolute atomic E-state index is 0. The van der Waals surface area contributed by atoms with Crippen molar-refractivity contribution in [2.45, 2.75) is 38.5 Å². The van der Waals surface area contributed by atoms with Crippen molar-refractivity contribution in [2.75, 3.05) is 32.4 Å². The van der Waals surface area contributed by atoms with Crippen LogP contribution >= 0.6 is 12.6 Å². The summed E-state index contributed by atoms with van der Waals surface area (Å²) in [6, 6.07) is 0. The lowest BCUT2D eigenvalue weighted by Gasteiger charge is -2.29. The molecule has 0 aliphatic carbocycles. The molecule has 3 heteroatoms. The summed E-state index contributed by atoms with van der Waals surface area (Å²) in [4.78, 5) is 0. The first kappa shape index (κ1) is 14.8. The Morgan fingerprint density at radius 3 is 2.14 bits per heavy atom. The molecule has 1 aliphatic heterocycles. The van der Waals surface area contributed by atoms with Gasteiger partial charge in [0, 0.05) is 12.8 Å². The summed E-state index contributed by atoms with van der Waals surface area (Å²) in [5.74, 6) is 1.06. The molecule has 0 aromatic heterocycles. The average Bonchev–Trinajstić information content (AvgIpc) is 2.53. The fourth-order valence-electron chi connectivity index (χ4n) is 2.28. The number of unbranched alkanes of at least 4 members (excludes halogenated alkanes) is 3. The summed E-state index contributed by atoms with van der Waals surface area (Å²) in [5.41, 5.74) is 0. The summed E-state index contributed by atoms with van der Waals surface area (Å²) in [7, 11) is 2.42. The topological polar surface area (TPSA) is 0 Å². The summed E-state index contributed by atoms with van der Waals surface area (Å²) in [6.45, 7) is 4.26. The number of hydrogen-bond acceptors (Lipinski definition) is 1. The van der Waals surface area contributed by atoms with Crippen LogP contribution < -0.4 is 17.0 Å². The van der Waals surface area contributed by atoms with Crippen molar-refractivity contribution >= 4 is 12.6 Å². The molecular formula is C11H24BrNS. The molecule has 14 heavy (non-hydrogen) atoms. The molecule has 1 aliphatic rings. The molecule has 0 spiro atoms. The number of halogens is 1. The van der Waals surface area contributed by atoms with E-state index in [0.717, 1.165) is 5.75 Å². The van der Waals surface area contributed by atoms with Crippen LogP contribution in [0, 0.1) is 0 Å². The highest BCUT2D eigenvalue weighted by atomic mass is 79.9. The zero-order chi connectivity index (χ0) is 9.57. The Morgan fingerprint density at radius 1 is 1.00 bits per heavy atom. The zero-order valence-corrected chi connectivity index (χ0v) is 11.8. The van der Waals surface area contributed by atoms with Gasteiger partial charge in [-0.15, -0.1) is 0 Å². The molecule has 0 aromatic carbocycles. The van der Waals surface area contributed by atoms with Crippen molar-refractivity contribution < 1.29 is 21.5 Å². The van der Waals surface area contributed by atoms with Gasteiger partial charge in [-0.05, 0) is 25.0 Å². The van der Waals surface area contributed by atoms with Crippen molar-refractivity contribution in [1.82, 2.24) is 0 Å². The van der Waals surface area contributed by atoms with Crippen LogP contribution in [-0.4, -0.2) is 36.9 Å². The minimum atomic E-state index is 0. The number of quaternary nitrogens is 1. The number of nitrogens with zero attached hydrogens (tertiary/aromatic N) is 1. The van der Waals surface area contributed by atoms with E-state index in [1.165, 1.54) is 62.6 Å². The van der Waals surface area contributed by atoms with Crippen molar-refractivity contribution in [3.63, 3.8) is 0 Å². The van der Waals surface area contributed by atoms with Crippen molar-refractivity contribution in [1.29, 1.82) is 0 Å². The molecule has 0 unspecified atom stereocenters. The lowest BCUT2D eigenvalue weighted by molar-refractivity contribution is -0.897. The second kappa shape index (κ2) is 8.00. The maximum atomic E-state index is 4.22. The molecule has 86 valence electrons. The second-order valence-electron chi connectivity index (χ2n) is 4.64. The second-order valence-corrected chi connectivity index (χ2v) is 5.08. The highest BCUT2D eigenvalue weighted by Crippen LogP contribution is 2.17. The Kier molecular flexibility index (Phi) is 8.45. The molecule has 0 aromatic rings. The van der Waals surface area contributed by atoms with Gasteiger partial charge in [-0.3, -0.25) is 0 Å². The fourth-order valence-corrected chi connectivity index (χ4v) is 2.50. The summed E-state index contributed by atoms with van der Waals surface area (Å²) in [6.07, 6.45) is 8.41. The Bertz CT molecular complexity index is 135. The molecule has 0 amide bonds. The molecule has 1 rings (SSSR count). The Morgan fingerprint density at radius 2 is 1.57 bits per heavy atom. The number of rotatable bonds is 6. The van der Waals surface area contributed by atoms with Crippen LogP contribution in [-0.2, 0) is 0 Å². The molecule has 1 fully saturated rings. The van der Waals surface area contributed by atoms with E-state index in [0.29, 0.717) is 0 Å².